The number of ether oxygens (including phenoxy) is 2. The fraction of sp³-hybridized carbons (Fsp3) is 0.500. The molecule has 1 aromatic carbocycles. The molecule has 2 aliphatic heterocycles. The summed E-state index contributed by atoms with van der Waals surface area (Å²) < 4.78 is 10.8. The molecule has 0 bridgehead atoms. The van der Waals surface area contributed by atoms with Gasteiger partial charge in [0.2, 0.25) is 5.95 Å². The summed E-state index contributed by atoms with van der Waals surface area (Å²) in [7, 11) is 3.82. The van der Waals surface area contributed by atoms with Crippen molar-refractivity contribution < 1.29 is 9.47 Å². The number of piperazine rings is 1. The van der Waals surface area contributed by atoms with Gasteiger partial charge in [-0.15, -0.1) is 0 Å². The number of halogens is 1. The Labute approximate surface area is 176 Å². The van der Waals surface area contributed by atoms with E-state index in [0.29, 0.717) is 22.7 Å². The molecule has 2 aromatic rings. The Morgan fingerprint density at radius 1 is 1.24 bits per heavy atom. The van der Waals surface area contributed by atoms with E-state index >= 15 is 0 Å². The van der Waals surface area contributed by atoms with E-state index in [2.05, 4.69) is 49.6 Å². The second-order valence-electron chi connectivity index (χ2n) is 7.47. The Hall–Kier alpha value is -2.29. The highest BCUT2D eigenvalue weighted by molar-refractivity contribution is 6.32. The molecule has 156 valence electrons. The van der Waals surface area contributed by atoms with Crippen molar-refractivity contribution in [3.63, 3.8) is 0 Å². The number of likely N-dealkylation sites (N-methyl/N-ethyl adjacent to an activating group) is 1. The third kappa shape index (κ3) is 4.83. The molecule has 0 unspecified atom stereocenters. The zero-order valence-corrected chi connectivity index (χ0v) is 17.6. The van der Waals surface area contributed by atoms with Crippen LogP contribution in [0.3, 0.4) is 0 Å². The molecule has 29 heavy (non-hydrogen) atoms. The first-order chi connectivity index (χ1) is 14.1. The summed E-state index contributed by atoms with van der Waals surface area (Å²) in [5.41, 5.74) is 1.97. The second-order valence-corrected chi connectivity index (χ2v) is 7.88. The van der Waals surface area contributed by atoms with Gasteiger partial charge in [-0.2, -0.15) is 4.98 Å². The van der Waals surface area contributed by atoms with Crippen LogP contribution in [0.5, 0.6) is 5.75 Å². The highest BCUT2D eigenvalue weighted by Gasteiger charge is 2.19. The predicted molar refractivity (Wildman–Crippen MR) is 116 cm³/mol. The number of hydrogen-bond donors (Lipinski definition) is 2. The molecule has 0 saturated carbocycles. The van der Waals surface area contributed by atoms with Gasteiger partial charge in [-0.25, -0.2) is 4.98 Å². The maximum Gasteiger partial charge on any atom is 0.229 e. The van der Waals surface area contributed by atoms with E-state index in [1.807, 2.05) is 6.07 Å². The van der Waals surface area contributed by atoms with Gasteiger partial charge in [0.15, 0.2) is 5.82 Å². The lowest BCUT2D eigenvalue weighted by Gasteiger charge is -2.34. The molecule has 8 nitrogen and oxygen atoms in total. The standard InChI is InChI=1S/C20H27ClN6O2/c1-26-5-7-27(8-6-26)15-3-4-17(18(9-15)28-2)24-20-23-11-16(21)19(25-20)22-10-14-12-29-13-14/h3-4,9,11,14H,5-8,10,12-13H2,1-2H3,(H2,22,23,24,25). The summed E-state index contributed by atoms with van der Waals surface area (Å²) in [6.07, 6.45) is 1.60. The molecule has 2 saturated heterocycles. The lowest BCUT2D eigenvalue weighted by molar-refractivity contribution is -0.0248. The van der Waals surface area contributed by atoms with Gasteiger partial charge in [0, 0.05) is 50.4 Å². The summed E-state index contributed by atoms with van der Waals surface area (Å²) in [4.78, 5) is 13.5. The number of methoxy groups -OCH3 is 1. The van der Waals surface area contributed by atoms with Gasteiger partial charge in [-0.1, -0.05) is 11.6 Å². The first-order valence-corrected chi connectivity index (χ1v) is 10.2. The number of benzene rings is 1. The van der Waals surface area contributed by atoms with E-state index in [9.17, 15) is 0 Å². The van der Waals surface area contributed by atoms with Crippen LogP contribution in [0, 0.1) is 5.92 Å². The van der Waals surface area contributed by atoms with Crippen molar-refractivity contribution in [3.8, 4) is 5.75 Å². The molecule has 2 fully saturated rings. The highest BCUT2D eigenvalue weighted by Crippen LogP contribution is 2.32. The fourth-order valence-electron chi connectivity index (χ4n) is 3.36. The molecule has 2 aliphatic rings. The van der Waals surface area contributed by atoms with Crippen LogP contribution in [0.25, 0.3) is 0 Å². The maximum absolute atomic E-state index is 6.24. The lowest BCUT2D eigenvalue weighted by atomic mass is 10.1. The van der Waals surface area contributed by atoms with Crippen LogP contribution in [-0.2, 0) is 4.74 Å². The molecular weight excluding hydrogens is 392 g/mol. The Bertz CT molecular complexity index is 840. The van der Waals surface area contributed by atoms with Crippen molar-refractivity contribution in [1.29, 1.82) is 0 Å². The minimum Gasteiger partial charge on any atom is -0.494 e. The molecule has 0 atom stereocenters. The molecule has 1 aromatic heterocycles. The van der Waals surface area contributed by atoms with Crippen LogP contribution in [0.15, 0.2) is 24.4 Å². The smallest absolute Gasteiger partial charge is 0.229 e. The highest BCUT2D eigenvalue weighted by atomic mass is 35.5. The Kier molecular flexibility index (Phi) is 6.22. The van der Waals surface area contributed by atoms with Crippen molar-refractivity contribution >= 4 is 34.7 Å². The zero-order valence-electron chi connectivity index (χ0n) is 16.8. The van der Waals surface area contributed by atoms with Crippen molar-refractivity contribution in [2.45, 2.75) is 0 Å². The number of nitrogens with zero attached hydrogens (tertiary/aromatic N) is 4. The van der Waals surface area contributed by atoms with E-state index < -0.39 is 0 Å². The molecule has 0 spiro atoms. The summed E-state index contributed by atoms with van der Waals surface area (Å²) in [5.74, 6) is 2.33. The van der Waals surface area contributed by atoms with Crippen LogP contribution in [0.2, 0.25) is 5.02 Å². The summed E-state index contributed by atoms with van der Waals surface area (Å²) >= 11 is 6.24. The van der Waals surface area contributed by atoms with Gasteiger partial charge >= 0.3 is 0 Å². The average Bonchev–Trinajstić information content (AvgIpc) is 2.70. The predicted octanol–water partition coefficient (Wildman–Crippen LogP) is 2.69. The van der Waals surface area contributed by atoms with Gasteiger partial charge in [0.05, 0.1) is 32.2 Å². The Morgan fingerprint density at radius 3 is 2.72 bits per heavy atom. The number of rotatable bonds is 7. The molecule has 0 radical (unpaired) electrons. The maximum atomic E-state index is 6.24. The second kappa shape index (κ2) is 9.02. The van der Waals surface area contributed by atoms with Crippen LogP contribution in [0.1, 0.15) is 0 Å². The van der Waals surface area contributed by atoms with Gasteiger partial charge in [0.25, 0.3) is 0 Å². The zero-order chi connectivity index (χ0) is 20.2. The summed E-state index contributed by atoms with van der Waals surface area (Å²) in [6.45, 7) is 6.46. The summed E-state index contributed by atoms with van der Waals surface area (Å²) in [5, 5.41) is 7.02. The van der Waals surface area contributed by atoms with Gasteiger partial charge in [0.1, 0.15) is 10.8 Å². The van der Waals surface area contributed by atoms with E-state index in [-0.39, 0.29) is 0 Å². The first-order valence-electron chi connectivity index (χ1n) is 9.85. The minimum absolute atomic E-state index is 0.465. The largest absolute Gasteiger partial charge is 0.494 e. The number of anilines is 4. The number of nitrogens with one attached hydrogen (secondary N) is 2. The van der Waals surface area contributed by atoms with Crippen molar-refractivity contribution in [1.82, 2.24) is 14.9 Å². The minimum atomic E-state index is 0.465. The van der Waals surface area contributed by atoms with Gasteiger partial charge < -0.3 is 29.9 Å². The Balaban J connectivity index is 1.46. The topological polar surface area (TPSA) is 74.8 Å². The van der Waals surface area contributed by atoms with Crippen molar-refractivity contribution in [2.24, 2.45) is 5.92 Å². The van der Waals surface area contributed by atoms with Crippen LogP contribution >= 0.6 is 11.6 Å². The Morgan fingerprint density at radius 2 is 2.03 bits per heavy atom. The van der Waals surface area contributed by atoms with E-state index in [1.165, 1.54) is 0 Å². The molecule has 0 amide bonds. The molecule has 0 aliphatic carbocycles. The van der Waals surface area contributed by atoms with Gasteiger partial charge in [-0.05, 0) is 19.2 Å². The molecule has 2 N–H and O–H groups in total. The monoisotopic (exact) mass is 418 g/mol. The van der Waals surface area contributed by atoms with Crippen LogP contribution in [-0.4, -0.2) is 75.0 Å². The van der Waals surface area contributed by atoms with Crippen LogP contribution < -0.4 is 20.3 Å². The van der Waals surface area contributed by atoms with Crippen molar-refractivity contribution in [3.05, 3.63) is 29.4 Å². The van der Waals surface area contributed by atoms with Crippen LogP contribution in [0.4, 0.5) is 23.1 Å². The third-order valence-electron chi connectivity index (χ3n) is 5.31. The first kappa shape index (κ1) is 20.0. The fourth-order valence-corrected chi connectivity index (χ4v) is 3.52. The van der Waals surface area contributed by atoms with Gasteiger partial charge in [-0.3, -0.25) is 0 Å². The van der Waals surface area contributed by atoms with Crippen molar-refractivity contribution in [2.75, 3.05) is 75.6 Å². The molecular formula is C20H27ClN6O2. The molecule has 9 heteroatoms. The normalized spacial score (nSPS) is 17.7. The molecule has 3 heterocycles. The number of aromatic nitrogens is 2. The average molecular weight is 419 g/mol. The SMILES string of the molecule is COc1cc(N2CCN(C)CC2)ccc1Nc1ncc(Cl)c(NCC2COC2)n1. The third-order valence-corrected chi connectivity index (χ3v) is 5.59. The molecule has 4 rings (SSSR count). The number of hydrogen-bond acceptors (Lipinski definition) is 8. The van der Waals surface area contributed by atoms with E-state index in [0.717, 1.165) is 63.1 Å². The lowest BCUT2D eigenvalue weighted by Crippen LogP contribution is -2.44. The van der Waals surface area contributed by atoms with E-state index in [4.69, 9.17) is 21.1 Å². The summed E-state index contributed by atoms with van der Waals surface area (Å²) in [6, 6.07) is 6.16. The van der Waals surface area contributed by atoms with E-state index in [1.54, 1.807) is 13.3 Å². The quantitative estimate of drug-likeness (QED) is 0.711.